The number of aliphatic hydroxyl groups is 2. The fourth-order valence-electron chi connectivity index (χ4n) is 4.98. The second-order valence-electron chi connectivity index (χ2n) is 10.1. The van der Waals surface area contributed by atoms with Crippen molar-refractivity contribution in [2.24, 2.45) is 11.7 Å². The Morgan fingerprint density at radius 2 is 1.92 bits per heavy atom. The van der Waals surface area contributed by atoms with E-state index in [2.05, 4.69) is 37.8 Å². The maximum absolute atomic E-state index is 11.6. The molecule has 36 heavy (non-hydrogen) atoms. The molecule has 1 fully saturated rings. The van der Waals surface area contributed by atoms with Crippen LogP contribution in [0.15, 0.2) is 49.1 Å². The average Bonchev–Trinajstić information content (AvgIpc) is 3.43. The minimum atomic E-state index is -1.50. The molecule has 1 aromatic carbocycles. The molecule has 190 valence electrons. The number of carbonyl (C=O) groups is 1. The van der Waals surface area contributed by atoms with Crippen LogP contribution >= 0.6 is 0 Å². The van der Waals surface area contributed by atoms with Gasteiger partial charge in [-0.05, 0) is 93.3 Å². The first kappa shape index (κ1) is 25.5. The van der Waals surface area contributed by atoms with Gasteiger partial charge in [-0.1, -0.05) is 0 Å². The Balaban J connectivity index is 0.000000556. The highest BCUT2D eigenvalue weighted by atomic mass is 16.5. The second kappa shape index (κ2) is 10.6. The van der Waals surface area contributed by atoms with E-state index in [4.69, 9.17) is 21.7 Å². The quantitative estimate of drug-likeness (QED) is 0.303. The molecule has 0 aliphatic heterocycles. The van der Waals surface area contributed by atoms with E-state index in [1.54, 1.807) is 12.4 Å². The first-order chi connectivity index (χ1) is 17.1. The van der Waals surface area contributed by atoms with E-state index in [9.17, 15) is 4.79 Å². The number of hydrogen-bond acceptors (Lipinski definition) is 7. The lowest BCUT2D eigenvalue weighted by Crippen LogP contribution is -2.15. The van der Waals surface area contributed by atoms with Crippen LogP contribution < -0.4 is 11.5 Å². The third-order valence-corrected chi connectivity index (χ3v) is 6.50. The van der Waals surface area contributed by atoms with E-state index in [0.29, 0.717) is 17.8 Å². The highest BCUT2D eigenvalue weighted by Gasteiger charge is 2.27. The molecule has 0 saturated heterocycles. The molecular weight excluding hydrogens is 456 g/mol. The number of hydrogen-bond donors (Lipinski definition) is 4. The van der Waals surface area contributed by atoms with Gasteiger partial charge in [0, 0.05) is 29.2 Å². The normalized spacial score (nSPS) is 17.8. The van der Waals surface area contributed by atoms with Crippen molar-refractivity contribution in [3.63, 3.8) is 0 Å². The van der Waals surface area contributed by atoms with Crippen LogP contribution in [0.25, 0.3) is 21.9 Å². The lowest BCUT2D eigenvalue weighted by atomic mass is 9.93. The van der Waals surface area contributed by atoms with Crippen LogP contribution in [-0.2, 0) is 17.6 Å². The number of benzene rings is 1. The zero-order valence-electron chi connectivity index (χ0n) is 20.8. The van der Waals surface area contributed by atoms with Gasteiger partial charge in [0.05, 0.1) is 11.9 Å². The van der Waals surface area contributed by atoms with Gasteiger partial charge in [-0.3, -0.25) is 4.79 Å². The summed E-state index contributed by atoms with van der Waals surface area (Å²) < 4.78 is 2.30. The van der Waals surface area contributed by atoms with Crippen molar-refractivity contribution in [3.8, 4) is 0 Å². The van der Waals surface area contributed by atoms with Gasteiger partial charge in [-0.15, -0.1) is 0 Å². The Bertz CT molecular complexity index is 1350. The number of amides is 1. The topological polar surface area (TPSA) is 153 Å². The number of aryl methyl sites for hydroxylation is 1. The van der Waals surface area contributed by atoms with Gasteiger partial charge in [0.25, 0.3) is 0 Å². The van der Waals surface area contributed by atoms with Crippen LogP contribution in [-0.4, -0.2) is 41.4 Å². The minimum absolute atomic E-state index is 0.248. The summed E-state index contributed by atoms with van der Waals surface area (Å²) in [6.07, 6.45) is 11.3. The molecule has 4 aromatic rings. The van der Waals surface area contributed by atoms with E-state index < -0.39 is 5.79 Å². The molecule has 1 aliphatic carbocycles. The number of primary amides is 1. The highest BCUT2D eigenvalue weighted by Crippen LogP contribution is 2.38. The lowest BCUT2D eigenvalue weighted by Gasteiger charge is -2.15. The molecule has 0 bridgehead atoms. The molecule has 5 rings (SSSR count). The van der Waals surface area contributed by atoms with Crippen molar-refractivity contribution >= 4 is 33.7 Å². The van der Waals surface area contributed by atoms with Crippen LogP contribution in [0, 0.1) is 5.92 Å². The molecule has 1 amide bonds. The summed E-state index contributed by atoms with van der Waals surface area (Å²) in [5.41, 5.74) is 15.4. The molecule has 9 heteroatoms. The molecule has 3 aromatic heterocycles. The number of pyridine rings is 1. The fraction of sp³-hybridized carbons (Fsp3) is 0.407. The third kappa shape index (κ3) is 6.56. The van der Waals surface area contributed by atoms with Gasteiger partial charge in [-0.2, -0.15) is 0 Å². The summed E-state index contributed by atoms with van der Waals surface area (Å²) in [4.78, 5) is 24.7. The summed E-state index contributed by atoms with van der Waals surface area (Å²) in [7, 11) is 0. The van der Waals surface area contributed by atoms with E-state index in [1.807, 2.05) is 18.3 Å². The van der Waals surface area contributed by atoms with Crippen LogP contribution in [0.2, 0.25) is 0 Å². The van der Waals surface area contributed by atoms with Crippen LogP contribution in [0.5, 0.6) is 0 Å². The van der Waals surface area contributed by atoms with Gasteiger partial charge in [-0.25, -0.2) is 15.0 Å². The Labute approximate surface area is 210 Å². The molecule has 9 nitrogen and oxygen atoms in total. The first-order valence-corrected chi connectivity index (χ1v) is 12.2. The van der Waals surface area contributed by atoms with Crippen molar-refractivity contribution in [1.29, 1.82) is 0 Å². The second-order valence-corrected chi connectivity index (χ2v) is 10.1. The number of rotatable bonds is 6. The van der Waals surface area contributed by atoms with E-state index in [-0.39, 0.29) is 12.3 Å². The standard InChI is InChI=1S/C24H26N6O.C3H8O2/c25-22-6-4-17-10-19(12-23(26)31)16(11-21(17)29-22)3-1-15-2-5-20(9-15)30-8-7-18-13-27-14-28-24(18)30;1-3(2,4)5/h4,6-8,10-11,13-15,20H,1-3,5,9,12H2,(H2,25,29)(H2,26,31);4-5H,1-2H3. The largest absolute Gasteiger partial charge is 0.384 e. The maximum atomic E-state index is 11.6. The minimum Gasteiger partial charge on any atom is -0.384 e. The average molecular weight is 491 g/mol. The summed E-state index contributed by atoms with van der Waals surface area (Å²) >= 11 is 0. The number of anilines is 1. The smallest absolute Gasteiger partial charge is 0.221 e. The van der Waals surface area contributed by atoms with Gasteiger partial charge < -0.3 is 26.2 Å². The Morgan fingerprint density at radius 3 is 2.67 bits per heavy atom. The van der Waals surface area contributed by atoms with Crippen LogP contribution in [0.3, 0.4) is 0 Å². The molecule has 1 aliphatic rings. The van der Waals surface area contributed by atoms with E-state index in [0.717, 1.165) is 58.7 Å². The van der Waals surface area contributed by atoms with Gasteiger partial charge in [0.1, 0.15) is 17.8 Å². The molecule has 0 spiro atoms. The predicted octanol–water partition coefficient (Wildman–Crippen LogP) is 3.27. The van der Waals surface area contributed by atoms with Crippen LogP contribution in [0.4, 0.5) is 5.82 Å². The molecule has 6 N–H and O–H groups in total. The van der Waals surface area contributed by atoms with E-state index >= 15 is 0 Å². The molecule has 2 unspecified atom stereocenters. The highest BCUT2D eigenvalue weighted by molar-refractivity contribution is 5.84. The van der Waals surface area contributed by atoms with Crippen molar-refractivity contribution in [1.82, 2.24) is 19.5 Å². The molecule has 0 radical (unpaired) electrons. The maximum Gasteiger partial charge on any atom is 0.221 e. The number of fused-ring (bicyclic) bond motifs is 2. The molecule has 2 atom stereocenters. The fourth-order valence-corrected chi connectivity index (χ4v) is 4.98. The van der Waals surface area contributed by atoms with Gasteiger partial charge in [0.15, 0.2) is 5.79 Å². The van der Waals surface area contributed by atoms with Crippen molar-refractivity contribution in [2.45, 2.75) is 64.2 Å². The summed E-state index contributed by atoms with van der Waals surface area (Å²) in [5.74, 6) is -0.677. The van der Waals surface area contributed by atoms with Crippen molar-refractivity contribution in [3.05, 3.63) is 60.2 Å². The third-order valence-electron chi connectivity index (χ3n) is 6.50. The number of aromatic nitrogens is 4. The lowest BCUT2D eigenvalue weighted by molar-refractivity contribution is -0.127. The monoisotopic (exact) mass is 490 g/mol. The summed E-state index contributed by atoms with van der Waals surface area (Å²) in [6, 6.07) is 10.4. The number of carbonyl (C=O) groups excluding carboxylic acids is 1. The zero-order valence-corrected chi connectivity index (χ0v) is 20.8. The molecular formula is C27H34N6O3. The zero-order chi connectivity index (χ0) is 25.9. The van der Waals surface area contributed by atoms with E-state index in [1.165, 1.54) is 20.3 Å². The molecule has 1 saturated carbocycles. The predicted molar refractivity (Wildman–Crippen MR) is 140 cm³/mol. The number of nitrogen functional groups attached to an aromatic ring is 1. The Morgan fingerprint density at radius 1 is 1.14 bits per heavy atom. The number of nitrogens with two attached hydrogens (primary N) is 2. The molecule has 3 heterocycles. The van der Waals surface area contributed by atoms with Crippen molar-refractivity contribution in [2.75, 3.05) is 5.73 Å². The SMILES string of the molecule is CC(C)(O)O.NC(=O)Cc1cc2ccc(N)nc2cc1CCC1CCC(n2ccc3cncnc32)C1. The van der Waals surface area contributed by atoms with Gasteiger partial charge >= 0.3 is 0 Å². The first-order valence-electron chi connectivity index (χ1n) is 12.2. The number of nitrogens with zero attached hydrogens (tertiary/aromatic N) is 4. The van der Waals surface area contributed by atoms with Crippen LogP contribution in [0.1, 0.15) is 56.7 Å². The Kier molecular flexibility index (Phi) is 7.51. The van der Waals surface area contributed by atoms with Crippen molar-refractivity contribution < 1.29 is 15.0 Å². The summed E-state index contributed by atoms with van der Waals surface area (Å²) in [5, 5.41) is 18.2. The van der Waals surface area contributed by atoms with Gasteiger partial charge in [0.2, 0.25) is 5.91 Å². The summed E-state index contributed by atoms with van der Waals surface area (Å²) in [6.45, 7) is 2.60. The Hall–Kier alpha value is -3.56.